The Morgan fingerprint density at radius 2 is 1.40 bits per heavy atom. The van der Waals surface area contributed by atoms with E-state index in [1.807, 2.05) is 20.8 Å². The Morgan fingerprint density at radius 1 is 1.00 bits per heavy atom. The van der Waals surface area contributed by atoms with Crippen molar-refractivity contribution in [1.82, 2.24) is 0 Å². The molecule has 0 unspecified atom stereocenters. The molecule has 0 aromatic carbocycles. The minimum Gasteiger partial charge on any atom is -0.284 e. The van der Waals surface area contributed by atoms with Crippen LogP contribution in [0.5, 0.6) is 0 Å². The standard InChI is InChI=1S/C11H18F3N/c1-7(8(2)10(3,4)5)9(15-6)11(12,13)14/h1-6H3/b8-7+,15-9+. The van der Waals surface area contributed by atoms with E-state index in [4.69, 9.17) is 0 Å². The van der Waals surface area contributed by atoms with E-state index in [1.54, 1.807) is 6.92 Å². The lowest BCUT2D eigenvalue weighted by atomic mass is 9.83. The van der Waals surface area contributed by atoms with Crippen molar-refractivity contribution >= 4 is 5.71 Å². The van der Waals surface area contributed by atoms with Crippen LogP contribution in [0.2, 0.25) is 0 Å². The maximum Gasteiger partial charge on any atom is 0.433 e. The molecule has 0 N–H and O–H groups in total. The van der Waals surface area contributed by atoms with Gasteiger partial charge in [0.15, 0.2) is 0 Å². The highest BCUT2D eigenvalue weighted by molar-refractivity contribution is 6.04. The third kappa shape index (κ3) is 3.68. The molecule has 0 radical (unpaired) electrons. The molecule has 0 spiro atoms. The number of allylic oxidation sites excluding steroid dienone is 2. The summed E-state index contributed by atoms with van der Waals surface area (Å²) < 4.78 is 37.7. The first-order valence-electron chi connectivity index (χ1n) is 4.74. The smallest absolute Gasteiger partial charge is 0.284 e. The van der Waals surface area contributed by atoms with Crippen LogP contribution in [0.15, 0.2) is 16.1 Å². The van der Waals surface area contributed by atoms with Gasteiger partial charge >= 0.3 is 6.18 Å². The number of rotatable bonds is 1. The summed E-state index contributed by atoms with van der Waals surface area (Å²) in [5.74, 6) is 0. The zero-order chi connectivity index (χ0) is 12.4. The molecule has 15 heavy (non-hydrogen) atoms. The zero-order valence-electron chi connectivity index (χ0n) is 10.1. The molecular formula is C11H18F3N. The Labute approximate surface area is 89.1 Å². The number of alkyl halides is 3. The van der Waals surface area contributed by atoms with Crippen molar-refractivity contribution in [3.63, 3.8) is 0 Å². The molecule has 0 rings (SSSR count). The van der Waals surface area contributed by atoms with Crippen molar-refractivity contribution in [2.45, 2.75) is 40.8 Å². The van der Waals surface area contributed by atoms with Crippen LogP contribution in [0, 0.1) is 5.41 Å². The van der Waals surface area contributed by atoms with E-state index in [9.17, 15) is 13.2 Å². The molecule has 0 heterocycles. The summed E-state index contributed by atoms with van der Waals surface area (Å²) >= 11 is 0. The molecule has 0 atom stereocenters. The monoisotopic (exact) mass is 221 g/mol. The third-order valence-corrected chi connectivity index (χ3v) is 2.53. The third-order valence-electron chi connectivity index (χ3n) is 2.53. The average Bonchev–Trinajstić information content (AvgIpc) is 1.99. The molecular weight excluding hydrogens is 203 g/mol. The highest BCUT2D eigenvalue weighted by Crippen LogP contribution is 2.31. The van der Waals surface area contributed by atoms with Gasteiger partial charge in [-0.15, -0.1) is 0 Å². The first-order valence-corrected chi connectivity index (χ1v) is 4.74. The fourth-order valence-corrected chi connectivity index (χ4v) is 1.25. The highest BCUT2D eigenvalue weighted by atomic mass is 19.4. The Balaban J connectivity index is 5.42. The van der Waals surface area contributed by atoms with Crippen LogP contribution in [0.25, 0.3) is 0 Å². The van der Waals surface area contributed by atoms with E-state index in [1.165, 1.54) is 14.0 Å². The van der Waals surface area contributed by atoms with E-state index < -0.39 is 11.9 Å². The van der Waals surface area contributed by atoms with Crippen LogP contribution < -0.4 is 0 Å². The van der Waals surface area contributed by atoms with Crippen LogP contribution in [0.3, 0.4) is 0 Å². The summed E-state index contributed by atoms with van der Waals surface area (Å²) in [5.41, 5.74) is -0.126. The van der Waals surface area contributed by atoms with Gasteiger partial charge in [0, 0.05) is 7.05 Å². The second-order valence-electron chi connectivity index (χ2n) is 4.57. The van der Waals surface area contributed by atoms with Gasteiger partial charge in [-0.05, 0) is 24.8 Å². The van der Waals surface area contributed by atoms with Gasteiger partial charge in [0.25, 0.3) is 0 Å². The molecule has 0 saturated carbocycles. The summed E-state index contributed by atoms with van der Waals surface area (Å²) in [6.45, 7) is 8.84. The lowest BCUT2D eigenvalue weighted by Gasteiger charge is -2.23. The normalized spacial score (nSPS) is 16.5. The molecule has 0 aromatic rings. The van der Waals surface area contributed by atoms with Gasteiger partial charge in [-0.3, -0.25) is 4.99 Å². The molecule has 0 aliphatic rings. The van der Waals surface area contributed by atoms with Crippen molar-refractivity contribution in [3.05, 3.63) is 11.1 Å². The summed E-state index contributed by atoms with van der Waals surface area (Å²) in [7, 11) is 1.17. The maximum absolute atomic E-state index is 12.6. The maximum atomic E-state index is 12.6. The van der Waals surface area contributed by atoms with Crippen molar-refractivity contribution < 1.29 is 13.2 Å². The number of hydrogen-bond acceptors (Lipinski definition) is 1. The molecule has 0 aromatic heterocycles. The average molecular weight is 221 g/mol. The van der Waals surface area contributed by atoms with Gasteiger partial charge in [0.2, 0.25) is 0 Å². The van der Waals surface area contributed by atoms with E-state index >= 15 is 0 Å². The van der Waals surface area contributed by atoms with Crippen molar-refractivity contribution in [1.29, 1.82) is 0 Å². The van der Waals surface area contributed by atoms with Gasteiger partial charge < -0.3 is 0 Å². The molecule has 0 aliphatic carbocycles. The first-order chi connectivity index (χ1) is 6.51. The van der Waals surface area contributed by atoms with Gasteiger partial charge in [-0.25, -0.2) is 0 Å². The second-order valence-corrected chi connectivity index (χ2v) is 4.57. The lowest BCUT2D eigenvalue weighted by Crippen LogP contribution is -2.26. The predicted molar refractivity (Wildman–Crippen MR) is 57.2 cm³/mol. The predicted octanol–water partition coefficient (Wildman–Crippen LogP) is 4.00. The van der Waals surface area contributed by atoms with Crippen LogP contribution >= 0.6 is 0 Å². The van der Waals surface area contributed by atoms with Crippen molar-refractivity contribution in [2.75, 3.05) is 7.05 Å². The van der Waals surface area contributed by atoms with E-state index in [0.29, 0.717) is 5.57 Å². The summed E-state index contributed by atoms with van der Waals surface area (Å²) in [6, 6.07) is 0. The topological polar surface area (TPSA) is 12.4 Å². The van der Waals surface area contributed by atoms with Crippen LogP contribution in [-0.2, 0) is 0 Å². The van der Waals surface area contributed by atoms with Gasteiger partial charge in [-0.1, -0.05) is 26.3 Å². The fraction of sp³-hybridized carbons (Fsp3) is 0.727. The summed E-state index contributed by atoms with van der Waals surface area (Å²) in [4.78, 5) is 3.33. The molecule has 0 saturated heterocycles. The largest absolute Gasteiger partial charge is 0.433 e. The molecule has 0 fully saturated rings. The molecule has 88 valence electrons. The SMILES string of the molecule is C/N=C(\C(C)=C(/C)C(C)(C)C)C(F)(F)F. The molecule has 0 bridgehead atoms. The van der Waals surface area contributed by atoms with Crippen LogP contribution in [0.1, 0.15) is 34.6 Å². The van der Waals surface area contributed by atoms with Gasteiger partial charge in [0.05, 0.1) is 0 Å². The Kier molecular flexibility index (Phi) is 4.14. The Morgan fingerprint density at radius 3 is 1.60 bits per heavy atom. The highest BCUT2D eigenvalue weighted by Gasteiger charge is 2.37. The number of aliphatic imine (C=N–C) groups is 1. The van der Waals surface area contributed by atoms with E-state index in [-0.39, 0.29) is 11.0 Å². The minimum atomic E-state index is -4.37. The summed E-state index contributed by atoms with van der Waals surface area (Å²) in [5, 5.41) is 0. The Hall–Kier alpha value is -0.800. The minimum absolute atomic E-state index is 0.220. The molecule has 0 amide bonds. The Bertz CT molecular complexity index is 290. The molecule has 4 heteroatoms. The lowest BCUT2D eigenvalue weighted by molar-refractivity contribution is -0.0583. The summed E-state index contributed by atoms with van der Waals surface area (Å²) in [6.07, 6.45) is -4.37. The number of halogens is 3. The van der Waals surface area contributed by atoms with Crippen LogP contribution in [-0.4, -0.2) is 18.9 Å². The quantitative estimate of drug-likeness (QED) is 0.593. The van der Waals surface area contributed by atoms with Crippen molar-refractivity contribution in [2.24, 2.45) is 10.4 Å². The number of hydrogen-bond donors (Lipinski definition) is 0. The van der Waals surface area contributed by atoms with Crippen molar-refractivity contribution in [3.8, 4) is 0 Å². The second kappa shape index (κ2) is 4.37. The van der Waals surface area contributed by atoms with E-state index in [0.717, 1.165) is 0 Å². The van der Waals surface area contributed by atoms with Gasteiger partial charge in [0.1, 0.15) is 5.71 Å². The molecule has 0 aliphatic heterocycles. The van der Waals surface area contributed by atoms with Gasteiger partial charge in [-0.2, -0.15) is 13.2 Å². The zero-order valence-corrected chi connectivity index (χ0v) is 10.1. The van der Waals surface area contributed by atoms with Crippen LogP contribution in [0.4, 0.5) is 13.2 Å². The first kappa shape index (κ1) is 14.2. The molecule has 1 nitrogen and oxygen atoms in total. The fourth-order valence-electron chi connectivity index (χ4n) is 1.25. The van der Waals surface area contributed by atoms with E-state index in [2.05, 4.69) is 4.99 Å². The number of nitrogens with zero attached hydrogens (tertiary/aromatic N) is 1.